The maximum absolute atomic E-state index is 12.2. The largest absolute Gasteiger partial charge is 0.465 e. The van der Waals surface area contributed by atoms with Gasteiger partial charge in [-0.25, -0.2) is 4.79 Å². The van der Waals surface area contributed by atoms with E-state index < -0.39 is 5.97 Å². The van der Waals surface area contributed by atoms with Crippen LogP contribution in [0.15, 0.2) is 41.7 Å². The molecule has 1 amide bonds. The molecule has 2 heterocycles. The van der Waals surface area contributed by atoms with E-state index in [1.165, 1.54) is 18.9 Å². The van der Waals surface area contributed by atoms with E-state index in [1.807, 2.05) is 0 Å². The Labute approximate surface area is 162 Å². The van der Waals surface area contributed by atoms with Gasteiger partial charge in [-0.05, 0) is 18.2 Å². The van der Waals surface area contributed by atoms with Crippen molar-refractivity contribution in [1.82, 2.24) is 14.6 Å². The highest BCUT2D eigenvalue weighted by atomic mass is 35.5. The fourth-order valence-electron chi connectivity index (χ4n) is 2.20. The van der Waals surface area contributed by atoms with Gasteiger partial charge in [0, 0.05) is 6.20 Å². The predicted octanol–water partition coefficient (Wildman–Crippen LogP) is 3.55. The van der Waals surface area contributed by atoms with E-state index in [4.69, 9.17) is 27.9 Å². The number of nitrogens with zero attached hydrogens (tertiary/aromatic N) is 3. The molecule has 2 aromatic heterocycles. The number of nitrogens with one attached hydrogen (secondary N) is 1. The zero-order valence-corrected chi connectivity index (χ0v) is 15.7. The Bertz CT molecular complexity index is 993. The average molecular weight is 411 g/mol. The number of rotatable bonds is 5. The molecule has 26 heavy (non-hydrogen) atoms. The van der Waals surface area contributed by atoms with Gasteiger partial charge in [0.05, 0.1) is 34.2 Å². The van der Waals surface area contributed by atoms with Gasteiger partial charge in [-0.3, -0.25) is 9.20 Å². The van der Waals surface area contributed by atoms with Gasteiger partial charge in [0.15, 0.2) is 10.8 Å². The minimum atomic E-state index is -0.527. The number of methoxy groups -OCH3 is 1. The summed E-state index contributed by atoms with van der Waals surface area (Å²) in [5, 5.41) is 12.0. The molecule has 0 fully saturated rings. The van der Waals surface area contributed by atoms with Crippen LogP contribution in [-0.2, 0) is 9.53 Å². The lowest BCUT2D eigenvalue weighted by Crippen LogP contribution is -2.17. The highest BCUT2D eigenvalue weighted by Crippen LogP contribution is 2.25. The highest BCUT2D eigenvalue weighted by Gasteiger charge is 2.15. The molecule has 0 unspecified atom stereocenters. The molecule has 0 spiro atoms. The van der Waals surface area contributed by atoms with Gasteiger partial charge in [0.2, 0.25) is 5.91 Å². The Morgan fingerprint density at radius 1 is 1.27 bits per heavy atom. The molecule has 10 heteroatoms. The van der Waals surface area contributed by atoms with E-state index >= 15 is 0 Å². The van der Waals surface area contributed by atoms with Crippen LogP contribution in [0, 0.1) is 0 Å². The van der Waals surface area contributed by atoms with Gasteiger partial charge in [-0.15, -0.1) is 10.2 Å². The number of fused-ring (bicyclic) bond motifs is 1. The summed E-state index contributed by atoms with van der Waals surface area (Å²) in [7, 11) is 1.28. The third kappa shape index (κ3) is 3.92. The van der Waals surface area contributed by atoms with Crippen molar-refractivity contribution in [3.63, 3.8) is 0 Å². The first-order chi connectivity index (χ1) is 12.5. The number of esters is 1. The van der Waals surface area contributed by atoms with Crippen LogP contribution in [0.3, 0.4) is 0 Å². The van der Waals surface area contributed by atoms with Crippen molar-refractivity contribution in [1.29, 1.82) is 0 Å². The summed E-state index contributed by atoms with van der Waals surface area (Å²) in [5.74, 6) is -0.780. The SMILES string of the molecule is COC(=O)c1ccccc1NC(=O)CSc1nnc2c(Cl)cc(Cl)cn12. The van der Waals surface area contributed by atoms with E-state index in [2.05, 4.69) is 15.5 Å². The van der Waals surface area contributed by atoms with Gasteiger partial charge in [0.1, 0.15) is 0 Å². The second kappa shape index (κ2) is 7.94. The Morgan fingerprint density at radius 2 is 2.04 bits per heavy atom. The van der Waals surface area contributed by atoms with Crippen molar-refractivity contribution >= 4 is 58.2 Å². The van der Waals surface area contributed by atoms with Crippen LogP contribution < -0.4 is 5.32 Å². The quantitative estimate of drug-likeness (QED) is 0.511. The molecule has 3 aromatic rings. The van der Waals surface area contributed by atoms with Gasteiger partial charge >= 0.3 is 5.97 Å². The molecule has 1 aromatic carbocycles. The van der Waals surface area contributed by atoms with E-state index in [1.54, 1.807) is 40.9 Å². The summed E-state index contributed by atoms with van der Waals surface area (Å²) in [6.45, 7) is 0. The molecule has 0 aliphatic heterocycles. The number of thioether (sulfide) groups is 1. The summed E-state index contributed by atoms with van der Waals surface area (Å²) in [6, 6.07) is 8.17. The number of carbonyl (C=O) groups excluding carboxylic acids is 2. The molecule has 0 bridgehead atoms. The number of aromatic nitrogens is 3. The second-order valence-corrected chi connectivity index (χ2v) is 6.84. The number of carbonyl (C=O) groups is 2. The van der Waals surface area contributed by atoms with Crippen molar-refractivity contribution in [3.8, 4) is 0 Å². The second-order valence-electron chi connectivity index (χ2n) is 5.06. The first kappa shape index (κ1) is 18.5. The monoisotopic (exact) mass is 410 g/mol. The Morgan fingerprint density at radius 3 is 2.81 bits per heavy atom. The van der Waals surface area contributed by atoms with Crippen molar-refractivity contribution in [3.05, 3.63) is 52.1 Å². The highest BCUT2D eigenvalue weighted by molar-refractivity contribution is 7.99. The molecule has 0 atom stereocenters. The Hall–Kier alpha value is -2.29. The third-order valence-electron chi connectivity index (χ3n) is 3.33. The number of amides is 1. The summed E-state index contributed by atoms with van der Waals surface area (Å²) in [4.78, 5) is 24.0. The van der Waals surface area contributed by atoms with E-state index in [0.717, 1.165) is 0 Å². The fourth-order valence-corrected chi connectivity index (χ4v) is 3.42. The average Bonchev–Trinajstić information content (AvgIpc) is 3.03. The number of hydrogen-bond acceptors (Lipinski definition) is 6. The number of ether oxygens (including phenoxy) is 1. The minimum Gasteiger partial charge on any atom is -0.465 e. The van der Waals surface area contributed by atoms with E-state index in [9.17, 15) is 9.59 Å². The van der Waals surface area contributed by atoms with Gasteiger partial charge in [-0.2, -0.15) is 0 Å². The third-order valence-corrected chi connectivity index (χ3v) is 4.76. The molecule has 1 N–H and O–H groups in total. The molecular weight excluding hydrogens is 399 g/mol. The van der Waals surface area contributed by atoms with Crippen LogP contribution in [0.4, 0.5) is 5.69 Å². The van der Waals surface area contributed by atoms with Crippen molar-refractivity contribution in [2.24, 2.45) is 0 Å². The standard InChI is InChI=1S/C16H12Cl2N4O3S/c1-25-15(24)10-4-2-3-5-12(10)19-13(23)8-26-16-21-20-14-11(18)6-9(17)7-22(14)16/h2-7H,8H2,1H3,(H,19,23). The zero-order valence-electron chi connectivity index (χ0n) is 13.4. The first-order valence-electron chi connectivity index (χ1n) is 7.29. The smallest absolute Gasteiger partial charge is 0.339 e. The van der Waals surface area contributed by atoms with E-state index in [-0.39, 0.29) is 17.2 Å². The van der Waals surface area contributed by atoms with Gasteiger partial charge in [-0.1, -0.05) is 47.1 Å². The molecule has 0 radical (unpaired) electrons. The molecule has 3 rings (SSSR count). The van der Waals surface area contributed by atoms with Crippen molar-refractivity contribution in [2.75, 3.05) is 18.2 Å². The Kier molecular flexibility index (Phi) is 5.65. The van der Waals surface area contributed by atoms with Crippen LogP contribution in [0.2, 0.25) is 10.0 Å². The van der Waals surface area contributed by atoms with E-state index in [0.29, 0.717) is 26.5 Å². The lowest BCUT2D eigenvalue weighted by atomic mass is 10.2. The maximum atomic E-state index is 12.2. The van der Waals surface area contributed by atoms with Crippen molar-refractivity contribution < 1.29 is 14.3 Å². The lowest BCUT2D eigenvalue weighted by molar-refractivity contribution is -0.113. The summed E-state index contributed by atoms with van der Waals surface area (Å²) < 4.78 is 6.32. The molecule has 0 saturated carbocycles. The van der Waals surface area contributed by atoms with Crippen LogP contribution in [0.25, 0.3) is 5.65 Å². The lowest BCUT2D eigenvalue weighted by Gasteiger charge is -2.09. The van der Waals surface area contributed by atoms with Crippen LogP contribution >= 0.6 is 35.0 Å². The number of para-hydroxylation sites is 1. The molecular formula is C16H12Cl2N4O3S. The molecule has 134 valence electrons. The van der Waals surface area contributed by atoms with Crippen LogP contribution in [0.1, 0.15) is 10.4 Å². The number of anilines is 1. The molecule has 0 saturated heterocycles. The first-order valence-corrected chi connectivity index (χ1v) is 9.03. The van der Waals surface area contributed by atoms with Gasteiger partial charge in [0.25, 0.3) is 0 Å². The Balaban J connectivity index is 1.72. The summed E-state index contributed by atoms with van der Waals surface area (Å²) in [5.41, 5.74) is 1.11. The number of hydrogen-bond donors (Lipinski definition) is 1. The van der Waals surface area contributed by atoms with Crippen LogP contribution in [0.5, 0.6) is 0 Å². The maximum Gasteiger partial charge on any atom is 0.339 e. The topological polar surface area (TPSA) is 85.6 Å². The number of halogens is 2. The molecule has 7 nitrogen and oxygen atoms in total. The number of benzene rings is 1. The summed E-state index contributed by atoms with van der Waals surface area (Å²) >= 11 is 13.2. The minimum absolute atomic E-state index is 0.0560. The summed E-state index contributed by atoms with van der Waals surface area (Å²) in [6.07, 6.45) is 1.62. The normalized spacial score (nSPS) is 10.7. The van der Waals surface area contributed by atoms with Gasteiger partial charge < -0.3 is 10.1 Å². The molecule has 0 aliphatic rings. The molecule has 0 aliphatic carbocycles. The van der Waals surface area contributed by atoms with Crippen LogP contribution in [-0.4, -0.2) is 39.3 Å². The fraction of sp³-hybridized carbons (Fsp3) is 0.125. The number of pyridine rings is 1. The zero-order chi connectivity index (χ0) is 18.7. The van der Waals surface area contributed by atoms with Crippen molar-refractivity contribution in [2.45, 2.75) is 5.16 Å². The predicted molar refractivity (Wildman–Crippen MR) is 100 cm³/mol.